The van der Waals surface area contributed by atoms with Crippen LogP contribution in [0, 0.1) is 0 Å². The zero-order valence-corrected chi connectivity index (χ0v) is 20.4. The second kappa shape index (κ2) is 9.88. The molecule has 7 nitrogen and oxygen atoms in total. The van der Waals surface area contributed by atoms with Gasteiger partial charge in [0.05, 0.1) is 22.8 Å². The number of nitrogens with zero attached hydrogens (tertiary/aromatic N) is 3. The number of aromatic nitrogens is 1. The number of anilines is 1. The Morgan fingerprint density at radius 2 is 1.97 bits per heavy atom. The zero-order chi connectivity index (χ0) is 22.7. The van der Waals surface area contributed by atoms with E-state index in [0.29, 0.717) is 42.5 Å². The monoisotopic (exact) mass is 491 g/mol. The molecular weight excluding hydrogens is 466 g/mol. The summed E-state index contributed by atoms with van der Waals surface area (Å²) in [7, 11) is -3.44. The number of benzene rings is 2. The Kier molecular flexibility index (Phi) is 7.16. The van der Waals surface area contributed by atoms with Crippen LogP contribution in [-0.4, -0.2) is 76.1 Å². The topological polar surface area (TPSA) is 79.8 Å². The Balaban J connectivity index is 1.71. The number of para-hydroxylation sites is 1. The maximum absolute atomic E-state index is 13.6. The summed E-state index contributed by atoms with van der Waals surface area (Å²) in [5.74, 6) is -0.144. The number of thiazole rings is 1. The molecule has 0 atom stereocenters. The molecule has 1 fully saturated rings. The van der Waals surface area contributed by atoms with E-state index in [9.17, 15) is 13.2 Å². The lowest BCUT2D eigenvalue weighted by Gasteiger charge is -2.29. The molecule has 0 spiro atoms. The van der Waals surface area contributed by atoms with E-state index < -0.39 is 9.84 Å². The summed E-state index contributed by atoms with van der Waals surface area (Å²) in [6, 6.07) is 12.6. The number of carbonyl (C=O) groups excluding carboxylic acids is 1. The van der Waals surface area contributed by atoms with Crippen molar-refractivity contribution in [3.8, 4) is 0 Å². The van der Waals surface area contributed by atoms with Crippen LogP contribution in [0.2, 0.25) is 0 Å². The van der Waals surface area contributed by atoms with Gasteiger partial charge in [-0.1, -0.05) is 23.5 Å². The van der Waals surface area contributed by atoms with E-state index in [1.54, 1.807) is 34.9 Å². The number of rotatable bonds is 7. The zero-order valence-electron chi connectivity index (χ0n) is 18.0. The molecule has 1 saturated heterocycles. The lowest BCUT2D eigenvalue weighted by atomic mass is 10.2. The highest BCUT2D eigenvalue weighted by Crippen LogP contribution is 2.33. The molecular formula is C22H25N3O4S3. The predicted octanol–water partition coefficient (Wildman–Crippen LogP) is 3.40. The fraction of sp³-hybridized carbons (Fsp3) is 0.364. The van der Waals surface area contributed by atoms with Crippen molar-refractivity contribution in [3.63, 3.8) is 0 Å². The Morgan fingerprint density at radius 1 is 1.22 bits per heavy atom. The van der Waals surface area contributed by atoms with Crippen LogP contribution < -0.4 is 4.90 Å². The third-order valence-electron chi connectivity index (χ3n) is 5.31. The van der Waals surface area contributed by atoms with Gasteiger partial charge in [-0.05, 0) is 36.6 Å². The van der Waals surface area contributed by atoms with Gasteiger partial charge in [0.15, 0.2) is 15.0 Å². The maximum atomic E-state index is 13.6. The van der Waals surface area contributed by atoms with Crippen molar-refractivity contribution in [1.82, 2.24) is 9.88 Å². The lowest BCUT2D eigenvalue weighted by Crippen LogP contribution is -2.43. The minimum atomic E-state index is -3.44. The van der Waals surface area contributed by atoms with Crippen LogP contribution in [0.3, 0.4) is 0 Å². The molecule has 0 unspecified atom stereocenters. The molecule has 0 saturated carbocycles. The normalized spacial score (nSPS) is 15.2. The molecule has 32 heavy (non-hydrogen) atoms. The third kappa shape index (κ3) is 5.15. The highest BCUT2D eigenvalue weighted by Gasteiger charge is 2.24. The summed E-state index contributed by atoms with van der Waals surface area (Å²) in [5, 5.41) is 0.504. The fourth-order valence-electron chi connectivity index (χ4n) is 3.59. The van der Waals surface area contributed by atoms with Crippen LogP contribution in [0.15, 0.2) is 52.3 Å². The number of hydrogen-bond donors (Lipinski definition) is 0. The van der Waals surface area contributed by atoms with Gasteiger partial charge in [0.1, 0.15) is 5.52 Å². The Labute approximate surface area is 196 Å². The number of sulfone groups is 1. The van der Waals surface area contributed by atoms with Crippen molar-refractivity contribution in [2.45, 2.75) is 9.79 Å². The molecule has 0 radical (unpaired) electrons. The van der Waals surface area contributed by atoms with Gasteiger partial charge in [-0.2, -0.15) is 0 Å². The van der Waals surface area contributed by atoms with Crippen molar-refractivity contribution in [1.29, 1.82) is 0 Å². The highest BCUT2D eigenvalue weighted by atomic mass is 32.2. The summed E-state index contributed by atoms with van der Waals surface area (Å²) in [6.45, 7) is 4.15. The Bertz CT molecular complexity index is 1220. The summed E-state index contributed by atoms with van der Waals surface area (Å²) in [6.07, 6.45) is 3.15. The van der Waals surface area contributed by atoms with Gasteiger partial charge >= 0.3 is 0 Å². The van der Waals surface area contributed by atoms with Crippen LogP contribution in [0.25, 0.3) is 10.2 Å². The van der Waals surface area contributed by atoms with Crippen LogP contribution in [0.4, 0.5) is 5.13 Å². The molecule has 10 heteroatoms. The van der Waals surface area contributed by atoms with Gasteiger partial charge in [0, 0.05) is 42.9 Å². The molecule has 0 aliphatic carbocycles. The van der Waals surface area contributed by atoms with Crippen molar-refractivity contribution in [2.24, 2.45) is 0 Å². The molecule has 0 N–H and O–H groups in total. The van der Waals surface area contributed by atoms with Gasteiger partial charge in [-0.25, -0.2) is 13.4 Å². The first-order valence-electron chi connectivity index (χ1n) is 10.2. The summed E-state index contributed by atoms with van der Waals surface area (Å²) < 4.78 is 30.7. The van der Waals surface area contributed by atoms with Crippen molar-refractivity contribution >= 4 is 54.2 Å². The third-order valence-corrected chi connectivity index (χ3v) is 8.20. The van der Waals surface area contributed by atoms with Crippen molar-refractivity contribution in [2.75, 3.05) is 56.8 Å². The smallest absolute Gasteiger partial charge is 0.260 e. The Hall–Kier alpha value is -1.98. The molecule has 1 aliphatic rings. The summed E-state index contributed by atoms with van der Waals surface area (Å²) >= 11 is 2.92. The summed E-state index contributed by atoms with van der Waals surface area (Å²) in [4.78, 5) is 23.3. The molecule has 3 aromatic rings. The van der Waals surface area contributed by atoms with Gasteiger partial charge in [0.25, 0.3) is 5.91 Å². The van der Waals surface area contributed by atoms with E-state index in [4.69, 9.17) is 4.74 Å². The lowest BCUT2D eigenvalue weighted by molar-refractivity contribution is 0.0391. The first-order valence-corrected chi connectivity index (χ1v) is 14.2. The first-order chi connectivity index (χ1) is 15.4. The number of ether oxygens (including phenoxy) is 1. The average Bonchev–Trinajstić information content (AvgIpc) is 3.23. The van der Waals surface area contributed by atoms with Crippen LogP contribution in [0.5, 0.6) is 0 Å². The number of fused-ring (bicyclic) bond motifs is 1. The maximum Gasteiger partial charge on any atom is 0.260 e. The minimum absolute atomic E-state index is 0.144. The van der Waals surface area contributed by atoms with Crippen LogP contribution >= 0.6 is 23.1 Å². The molecule has 4 rings (SSSR count). The minimum Gasteiger partial charge on any atom is -0.379 e. The fourth-order valence-corrected chi connectivity index (χ4v) is 5.96. The van der Waals surface area contributed by atoms with Crippen LogP contribution in [-0.2, 0) is 14.6 Å². The SMILES string of the molecule is CSc1cccc(C(=O)N(CCN2CCOCC2)c2nc3c(S(C)(=O)=O)cccc3s2)c1. The first kappa shape index (κ1) is 23.2. The molecule has 0 bridgehead atoms. The van der Waals surface area contributed by atoms with Crippen molar-refractivity contribution in [3.05, 3.63) is 48.0 Å². The van der Waals surface area contributed by atoms with Gasteiger partial charge in [-0.3, -0.25) is 14.6 Å². The second-order valence-corrected chi connectivity index (χ2v) is 11.4. The molecule has 1 amide bonds. The molecule has 170 valence electrons. The highest BCUT2D eigenvalue weighted by molar-refractivity contribution is 7.98. The average molecular weight is 492 g/mol. The van der Waals surface area contributed by atoms with Gasteiger partial charge in [-0.15, -0.1) is 11.8 Å². The van der Waals surface area contributed by atoms with E-state index >= 15 is 0 Å². The van der Waals surface area contributed by atoms with Gasteiger partial charge < -0.3 is 4.74 Å². The molecule has 1 aliphatic heterocycles. The number of hydrogen-bond acceptors (Lipinski definition) is 8. The van der Waals surface area contributed by atoms with E-state index in [-0.39, 0.29) is 10.8 Å². The number of thioether (sulfide) groups is 1. The quantitative estimate of drug-likeness (QED) is 0.469. The van der Waals surface area contributed by atoms with E-state index in [1.807, 2.05) is 30.5 Å². The standard InChI is InChI=1S/C22H25N3O4S3/c1-30-17-6-3-5-16(15-17)21(26)25(10-9-24-11-13-29-14-12-24)22-23-20-18(31-22)7-4-8-19(20)32(2,27)28/h3-8,15H,9-14H2,1-2H3. The second-order valence-electron chi connectivity index (χ2n) is 7.51. The number of amides is 1. The van der Waals surface area contributed by atoms with Crippen molar-refractivity contribution < 1.29 is 17.9 Å². The van der Waals surface area contributed by atoms with E-state index in [0.717, 1.165) is 22.7 Å². The summed E-state index contributed by atoms with van der Waals surface area (Å²) in [5.41, 5.74) is 0.999. The van der Waals surface area contributed by atoms with Gasteiger partial charge in [0.2, 0.25) is 0 Å². The van der Waals surface area contributed by atoms with Crippen LogP contribution in [0.1, 0.15) is 10.4 Å². The molecule has 2 aromatic carbocycles. The molecule has 1 aromatic heterocycles. The van der Waals surface area contributed by atoms with E-state index in [2.05, 4.69) is 9.88 Å². The predicted molar refractivity (Wildman–Crippen MR) is 130 cm³/mol. The number of carbonyl (C=O) groups is 1. The largest absolute Gasteiger partial charge is 0.379 e. The number of morpholine rings is 1. The molecule has 2 heterocycles. The Morgan fingerprint density at radius 3 is 2.69 bits per heavy atom. The van der Waals surface area contributed by atoms with E-state index in [1.165, 1.54) is 17.6 Å².